The highest BCUT2D eigenvalue weighted by molar-refractivity contribution is 5.85. The van der Waals surface area contributed by atoms with Gasteiger partial charge in [0.1, 0.15) is 17.4 Å². The van der Waals surface area contributed by atoms with E-state index in [1.807, 2.05) is 31.2 Å². The van der Waals surface area contributed by atoms with Gasteiger partial charge in [0.15, 0.2) is 0 Å². The number of benzene rings is 1. The molecule has 2 N–H and O–H groups in total. The minimum absolute atomic E-state index is 0. The molecule has 3 rings (SSSR count). The Labute approximate surface area is 148 Å². The van der Waals surface area contributed by atoms with Crippen LogP contribution in [0.5, 0.6) is 0 Å². The second kappa shape index (κ2) is 8.01. The van der Waals surface area contributed by atoms with E-state index in [2.05, 4.69) is 24.5 Å². The molecule has 1 fully saturated rings. The lowest BCUT2D eigenvalue weighted by Gasteiger charge is -2.27. The molecule has 5 nitrogen and oxygen atoms in total. The summed E-state index contributed by atoms with van der Waals surface area (Å²) in [5.41, 5.74) is 1.94. The van der Waals surface area contributed by atoms with Gasteiger partial charge in [-0.15, -0.1) is 12.4 Å². The molecule has 1 aliphatic rings. The molecule has 1 aromatic carbocycles. The summed E-state index contributed by atoms with van der Waals surface area (Å²) in [6.07, 6.45) is -0.435. The molecular weight excluding hydrogens is 328 g/mol. The second-order valence-corrected chi connectivity index (χ2v) is 6.38. The predicted octanol–water partition coefficient (Wildman–Crippen LogP) is 2.96. The first-order chi connectivity index (χ1) is 11.1. The number of fused-ring (bicyclic) bond motifs is 1. The van der Waals surface area contributed by atoms with Crippen LogP contribution in [0.3, 0.4) is 0 Å². The van der Waals surface area contributed by atoms with Crippen molar-refractivity contribution in [2.24, 2.45) is 5.92 Å². The maximum atomic E-state index is 12.5. The molecule has 0 aliphatic carbocycles. The summed E-state index contributed by atoms with van der Waals surface area (Å²) < 4.78 is 11.6. The summed E-state index contributed by atoms with van der Waals surface area (Å²) in [5.74, 6) is 0.962. The Hall–Kier alpha value is -1.56. The first kappa shape index (κ1) is 18.8. The number of rotatable bonds is 4. The number of hydrogen-bond donors (Lipinski definition) is 2. The zero-order valence-corrected chi connectivity index (χ0v) is 15.1. The Morgan fingerprint density at radius 3 is 2.71 bits per heavy atom. The molecule has 132 valence electrons. The van der Waals surface area contributed by atoms with E-state index in [1.165, 1.54) is 0 Å². The molecule has 2 atom stereocenters. The molecule has 0 saturated carbocycles. The number of carbonyl (C=O) groups is 1. The second-order valence-electron chi connectivity index (χ2n) is 6.38. The minimum atomic E-state index is -0.435. The first-order valence-electron chi connectivity index (χ1n) is 8.18. The number of furan rings is 1. The van der Waals surface area contributed by atoms with Crippen molar-refractivity contribution in [3.8, 4) is 0 Å². The van der Waals surface area contributed by atoms with Gasteiger partial charge < -0.3 is 19.8 Å². The third kappa shape index (κ3) is 3.74. The summed E-state index contributed by atoms with van der Waals surface area (Å²) in [5, 5.41) is 7.38. The number of amides is 1. The van der Waals surface area contributed by atoms with Crippen molar-refractivity contribution in [1.29, 1.82) is 0 Å². The highest BCUT2D eigenvalue weighted by Gasteiger charge is 2.29. The molecule has 0 bridgehead atoms. The molecule has 2 aromatic rings. The average Bonchev–Trinajstić information content (AvgIpc) is 2.90. The number of halogens is 1. The smallest absolute Gasteiger partial charge is 0.251 e. The summed E-state index contributed by atoms with van der Waals surface area (Å²) in [4.78, 5) is 12.5. The van der Waals surface area contributed by atoms with Crippen molar-refractivity contribution in [1.82, 2.24) is 10.6 Å². The van der Waals surface area contributed by atoms with Crippen LogP contribution in [0, 0.1) is 12.8 Å². The van der Waals surface area contributed by atoms with E-state index >= 15 is 0 Å². The highest BCUT2D eigenvalue weighted by atomic mass is 35.5. The molecular formula is C18H25ClN2O3. The number of para-hydroxylation sites is 1. The monoisotopic (exact) mass is 352 g/mol. The Bertz CT molecular complexity index is 693. The van der Waals surface area contributed by atoms with Crippen LogP contribution in [0.15, 0.2) is 28.7 Å². The number of aryl methyl sites for hydroxylation is 1. The van der Waals surface area contributed by atoms with Crippen LogP contribution in [0.2, 0.25) is 0 Å². The SMILES string of the molecule is Cc1c(C(NC(=O)C2CNCCO2)C(C)C)oc2ccccc12.Cl. The van der Waals surface area contributed by atoms with Gasteiger partial charge in [-0.25, -0.2) is 0 Å². The lowest BCUT2D eigenvalue weighted by molar-refractivity contribution is -0.135. The Balaban J connectivity index is 0.00000208. The third-order valence-corrected chi connectivity index (χ3v) is 4.35. The van der Waals surface area contributed by atoms with Crippen LogP contribution >= 0.6 is 12.4 Å². The summed E-state index contributed by atoms with van der Waals surface area (Å²) >= 11 is 0. The maximum absolute atomic E-state index is 12.5. The third-order valence-electron chi connectivity index (χ3n) is 4.35. The first-order valence-corrected chi connectivity index (χ1v) is 8.18. The van der Waals surface area contributed by atoms with E-state index < -0.39 is 6.10 Å². The van der Waals surface area contributed by atoms with Crippen molar-refractivity contribution in [3.05, 3.63) is 35.6 Å². The molecule has 2 unspecified atom stereocenters. The van der Waals surface area contributed by atoms with E-state index in [4.69, 9.17) is 9.15 Å². The van der Waals surface area contributed by atoms with Gasteiger partial charge in [0.05, 0.1) is 12.6 Å². The van der Waals surface area contributed by atoms with Gasteiger partial charge in [-0.2, -0.15) is 0 Å². The van der Waals surface area contributed by atoms with Gasteiger partial charge in [-0.05, 0) is 18.9 Å². The van der Waals surface area contributed by atoms with Crippen molar-refractivity contribution in [2.45, 2.75) is 32.9 Å². The minimum Gasteiger partial charge on any atom is -0.459 e. The average molecular weight is 353 g/mol. The molecule has 6 heteroatoms. The van der Waals surface area contributed by atoms with Crippen LogP contribution in [-0.4, -0.2) is 31.7 Å². The zero-order chi connectivity index (χ0) is 16.4. The Kier molecular flexibility index (Phi) is 6.27. The highest BCUT2D eigenvalue weighted by Crippen LogP contribution is 2.32. The van der Waals surface area contributed by atoms with Gasteiger partial charge in [0.2, 0.25) is 0 Å². The summed E-state index contributed by atoms with van der Waals surface area (Å²) in [7, 11) is 0. The van der Waals surface area contributed by atoms with Crippen LogP contribution < -0.4 is 10.6 Å². The van der Waals surface area contributed by atoms with Crippen LogP contribution in [-0.2, 0) is 9.53 Å². The van der Waals surface area contributed by atoms with Gasteiger partial charge >= 0.3 is 0 Å². The molecule has 1 aromatic heterocycles. The molecule has 2 heterocycles. The van der Waals surface area contributed by atoms with Gasteiger partial charge in [-0.3, -0.25) is 4.79 Å². The van der Waals surface area contributed by atoms with Crippen LogP contribution in [0.25, 0.3) is 11.0 Å². The fourth-order valence-corrected chi connectivity index (χ4v) is 3.00. The van der Waals surface area contributed by atoms with Crippen LogP contribution in [0.1, 0.15) is 31.2 Å². The number of morpholine rings is 1. The van der Waals surface area contributed by atoms with E-state index in [1.54, 1.807) is 0 Å². The van der Waals surface area contributed by atoms with Gasteiger partial charge in [-0.1, -0.05) is 32.0 Å². The lowest BCUT2D eigenvalue weighted by Crippen LogP contribution is -2.49. The molecule has 1 aliphatic heterocycles. The standard InChI is InChI=1S/C18H24N2O3.ClH/c1-11(2)16(20-18(21)15-10-19-8-9-22-15)17-12(3)13-6-4-5-7-14(13)23-17;/h4-7,11,15-16,19H,8-10H2,1-3H3,(H,20,21);1H. The number of hydrogen-bond acceptors (Lipinski definition) is 4. The number of nitrogens with one attached hydrogen (secondary N) is 2. The summed E-state index contributed by atoms with van der Waals surface area (Å²) in [6.45, 7) is 8.11. The van der Waals surface area contributed by atoms with Gasteiger partial charge in [0.25, 0.3) is 5.91 Å². The topological polar surface area (TPSA) is 63.5 Å². The lowest BCUT2D eigenvalue weighted by atomic mass is 9.98. The van der Waals surface area contributed by atoms with E-state index in [0.717, 1.165) is 28.8 Å². The molecule has 1 saturated heterocycles. The Morgan fingerprint density at radius 2 is 2.08 bits per heavy atom. The van der Waals surface area contributed by atoms with Crippen molar-refractivity contribution < 1.29 is 13.9 Å². The Morgan fingerprint density at radius 1 is 1.33 bits per heavy atom. The molecule has 0 spiro atoms. The fraction of sp³-hybridized carbons (Fsp3) is 0.500. The normalized spacial score (nSPS) is 19.1. The molecule has 1 amide bonds. The van der Waals surface area contributed by atoms with Crippen molar-refractivity contribution in [2.75, 3.05) is 19.7 Å². The predicted molar refractivity (Wildman–Crippen MR) is 96.5 cm³/mol. The molecule has 0 radical (unpaired) electrons. The van der Waals surface area contributed by atoms with Gasteiger partial charge in [0, 0.05) is 24.0 Å². The fourth-order valence-electron chi connectivity index (χ4n) is 3.00. The number of ether oxygens (including phenoxy) is 1. The van der Waals surface area contributed by atoms with E-state index in [-0.39, 0.29) is 30.3 Å². The number of carbonyl (C=O) groups excluding carboxylic acids is 1. The largest absolute Gasteiger partial charge is 0.459 e. The zero-order valence-electron chi connectivity index (χ0n) is 14.3. The quantitative estimate of drug-likeness (QED) is 0.888. The van der Waals surface area contributed by atoms with Crippen molar-refractivity contribution in [3.63, 3.8) is 0 Å². The maximum Gasteiger partial charge on any atom is 0.251 e. The van der Waals surface area contributed by atoms with E-state index in [9.17, 15) is 4.79 Å². The summed E-state index contributed by atoms with van der Waals surface area (Å²) in [6, 6.07) is 7.79. The van der Waals surface area contributed by atoms with Crippen molar-refractivity contribution >= 4 is 29.3 Å². The molecule has 24 heavy (non-hydrogen) atoms. The van der Waals surface area contributed by atoms with Crippen LogP contribution in [0.4, 0.5) is 0 Å². The van der Waals surface area contributed by atoms with E-state index in [0.29, 0.717) is 13.2 Å².